The zero-order chi connectivity index (χ0) is 17.0. The van der Waals surface area contributed by atoms with Gasteiger partial charge in [0.05, 0.1) is 0 Å². The Kier molecular flexibility index (Phi) is 5.59. The summed E-state index contributed by atoms with van der Waals surface area (Å²) in [5, 5.41) is 0. The van der Waals surface area contributed by atoms with E-state index in [1.165, 1.54) is 14.2 Å². The van der Waals surface area contributed by atoms with E-state index in [0.717, 1.165) is 16.7 Å². The van der Waals surface area contributed by atoms with Crippen LogP contribution in [0.3, 0.4) is 0 Å². The Hall–Kier alpha value is -2.10. The van der Waals surface area contributed by atoms with Crippen molar-refractivity contribution in [3.05, 3.63) is 62.6 Å². The summed E-state index contributed by atoms with van der Waals surface area (Å²) in [5.41, 5.74) is 2.86. The van der Waals surface area contributed by atoms with E-state index in [-0.39, 0.29) is 11.9 Å². The molecular formula is C18H19O4Se+. The second kappa shape index (κ2) is 7.44. The van der Waals surface area contributed by atoms with Crippen LogP contribution in [0.25, 0.3) is 5.57 Å². The molecule has 0 fully saturated rings. The molecule has 0 aromatic heterocycles. The zero-order valence-electron chi connectivity index (χ0n) is 13.6. The Morgan fingerprint density at radius 1 is 0.913 bits per heavy atom. The second-order valence-corrected chi connectivity index (χ2v) is 8.94. The first-order chi connectivity index (χ1) is 11.0. The van der Waals surface area contributed by atoms with Gasteiger partial charge in [0.2, 0.25) is 0 Å². The number of esters is 2. The molecule has 120 valence electrons. The van der Waals surface area contributed by atoms with Crippen molar-refractivity contribution in [2.24, 2.45) is 0 Å². The van der Waals surface area contributed by atoms with E-state index >= 15 is 0 Å². The third-order valence-electron chi connectivity index (χ3n) is 3.65. The summed E-state index contributed by atoms with van der Waals surface area (Å²) < 4.78 is 10.9. The number of allylic oxidation sites excluding steroid dienone is 4. The molecule has 0 aliphatic carbocycles. The van der Waals surface area contributed by atoms with Crippen molar-refractivity contribution in [1.82, 2.24) is 0 Å². The molecule has 0 bridgehead atoms. The third-order valence-corrected chi connectivity index (χ3v) is 7.61. The first-order valence-corrected chi connectivity index (χ1v) is 10.4. The van der Waals surface area contributed by atoms with Gasteiger partial charge in [0.25, 0.3) is 0 Å². The molecule has 1 heterocycles. The first kappa shape index (κ1) is 17.3. The Labute approximate surface area is 140 Å². The SMILES string of the molecule is COC(=O)C1=CC(=C(C)c2ccccc2)C=C(C(=O)OC)[Se+]1C. The summed E-state index contributed by atoms with van der Waals surface area (Å²) in [6.45, 7) is 1.97. The van der Waals surface area contributed by atoms with Crippen LogP contribution in [0.4, 0.5) is 0 Å². The molecule has 0 spiro atoms. The van der Waals surface area contributed by atoms with Gasteiger partial charge in [-0.25, -0.2) is 0 Å². The summed E-state index contributed by atoms with van der Waals surface area (Å²) in [7, 11) is 2.71. The molecule has 0 amide bonds. The minimum atomic E-state index is -1.76. The molecule has 23 heavy (non-hydrogen) atoms. The number of carbonyl (C=O) groups is 2. The molecule has 1 aliphatic heterocycles. The van der Waals surface area contributed by atoms with E-state index in [1.54, 1.807) is 0 Å². The molecule has 5 heteroatoms. The van der Waals surface area contributed by atoms with Crippen LogP contribution in [0.15, 0.2) is 57.0 Å². The monoisotopic (exact) mass is 379 g/mol. The molecule has 0 radical (unpaired) electrons. The fraction of sp³-hybridized carbons (Fsp3) is 0.222. The molecule has 0 saturated heterocycles. The van der Waals surface area contributed by atoms with Crippen LogP contribution >= 0.6 is 0 Å². The summed E-state index contributed by atoms with van der Waals surface area (Å²) in [5.74, 6) is 1.15. The Morgan fingerprint density at radius 3 is 1.83 bits per heavy atom. The van der Waals surface area contributed by atoms with Gasteiger partial charge in [-0.05, 0) is 0 Å². The van der Waals surface area contributed by atoms with E-state index in [9.17, 15) is 9.59 Å². The molecule has 0 unspecified atom stereocenters. The van der Waals surface area contributed by atoms with Crippen molar-refractivity contribution in [3.63, 3.8) is 0 Å². The van der Waals surface area contributed by atoms with Gasteiger partial charge in [-0.3, -0.25) is 0 Å². The number of rotatable bonds is 3. The van der Waals surface area contributed by atoms with Gasteiger partial charge in [-0.2, -0.15) is 0 Å². The van der Waals surface area contributed by atoms with E-state index in [0.29, 0.717) is 8.94 Å². The fourth-order valence-electron chi connectivity index (χ4n) is 2.26. The van der Waals surface area contributed by atoms with Gasteiger partial charge in [0.15, 0.2) is 0 Å². The van der Waals surface area contributed by atoms with Crippen LogP contribution in [0.5, 0.6) is 0 Å². The summed E-state index contributed by atoms with van der Waals surface area (Å²) in [6, 6.07) is 9.84. The maximum atomic E-state index is 12.1. The van der Waals surface area contributed by atoms with E-state index < -0.39 is 13.9 Å². The van der Waals surface area contributed by atoms with E-state index in [4.69, 9.17) is 9.47 Å². The minimum absolute atomic E-state index is 0.384. The molecule has 0 saturated carbocycles. The maximum absolute atomic E-state index is 12.1. The number of hydrogen-bond acceptors (Lipinski definition) is 4. The number of benzene rings is 1. The standard InChI is InChI=1S/C18H19O4Se/c1-12(13-8-6-5-7-9-13)14-10-15(17(19)21-2)23(4)16(11-14)18(20)22-3/h5-11H,1-4H3/q+1. The van der Waals surface area contributed by atoms with E-state index in [2.05, 4.69) is 0 Å². The molecule has 1 aromatic rings. The van der Waals surface area contributed by atoms with Gasteiger partial charge in [0, 0.05) is 0 Å². The average Bonchev–Trinajstić information content (AvgIpc) is 2.60. The Balaban J connectivity index is 2.60. The Bertz CT molecular complexity index is 678. The van der Waals surface area contributed by atoms with Crippen LogP contribution in [-0.2, 0) is 19.1 Å². The molecule has 4 nitrogen and oxygen atoms in total. The third kappa shape index (κ3) is 3.63. The molecule has 1 aliphatic rings. The van der Waals surface area contributed by atoms with Crippen LogP contribution in [0, 0.1) is 0 Å². The predicted octanol–water partition coefficient (Wildman–Crippen LogP) is 2.88. The number of hydrogen-bond donors (Lipinski definition) is 0. The topological polar surface area (TPSA) is 52.6 Å². The number of methoxy groups -OCH3 is 2. The van der Waals surface area contributed by atoms with Crippen molar-refractivity contribution >= 4 is 31.4 Å². The van der Waals surface area contributed by atoms with Gasteiger partial charge in [-0.15, -0.1) is 0 Å². The fourth-order valence-corrected chi connectivity index (χ4v) is 5.43. The van der Waals surface area contributed by atoms with E-state index in [1.807, 2.05) is 55.2 Å². The van der Waals surface area contributed by atoms with Gasteiger partial charge < -0.3 is 0 Å². The van der Waals surface area contributed by atoms with Crippen molar-refractivity contribution in [3.8, 4) is 0 Å². The normalized spacial score (nSPS) is 17.0. The summed E-state index contributed by atoms with van der Waals surface area (Å²) in [4.78, 5) is 24.2. The van der Waals surface area contributed by atoms with Crippen molar-refractivity contribution in [2.45, 2.75) is 12.7 Å². The molecule has 1 aromatic carbocycles. The Morgan fingerprint density at radius 2 is 1.39 bits per heavy atom. The zero-order valence-corrected chi connectivity index (χ0v) is 15.3. The molecular weight excluding hydrogens is 359 g/mol. The van der Waals surface area contributed by atoms with Crippen molar-refractivity contribution in [2.75, 3.05) is 14.2 Å². The quantitative estimate of drug-likeness (QED) is 0.600. The van der Waals surface area contributed by atoms with Crippen LogP contribution < -0.4 is 0 Å². The predicted molar refractivity (Wildman–Crippen MR) is 90.9 cm³/mol. The van der Waals surface area contributed by atoms with Gasteiger partial charge >= 0.3 is 140 Å². The number of carbonyl (C=O) groups excluding carboxylic acids is 2. The second-order valence-electron chi connectivity index (χ2n) is 4.96. The first-order valence-electron chi connectivity index (χ1n) is 7.01. The summed E-state index contributed by atoms with van der Waals surface area (Å²) in [6.07, 6.45) is 3.68. The molecule has 0 N–H and O–H groups in total. The van der Waals surface area contributed by atoms with Gasteiger partial charge in [-0.1, -0.05) is 0 Å². The van der Waals surface area contributed by atoms with Crippen LogP contribution in [0.2, 0.25) is 5.82 Å². The van der Waals surface area contributed by atoms with Crippen molar-refractivity contribution in [1.29, 1.82) is 0 Å². The van der Waals surface area contributed by atoms with Gasteiger partial charge in [0.1, 0.15) is 0 Å². The molecule has 2 rings (SSSR count). The van der Waals surface area contributed by atoms with Crippen LogP contribution in [0.1, 0.15) is 12.5 Å². The summed E-state index contributed by atoms with van der Waals surface area (Å²) >= 11 is -1.76. The average molecular weight is 378 g/mol. The molecule has 0 atom stereocenters. The van der Waals surface area contributed by atoms with Crippen LogP contribution in [-0.4, -0.2) is 40.1 Å². The van der Waals surface area contributed by atoms with Crippen molar-refractivity contribution < 1.29 is 19.1 Å². The number of ether oxygens (including phenoxy) is 2.